The number of carboxylic acid groups (broad SMARTS) is 1. The van der Waals surface area contributed by atoms with E-state index in [9.17, 15) is 9.90 Å². The molecule has 9 heteroatoms. The molecule has 0 aliphatic carbocycles. The number of nitrogens with zero attached hydrogens (tertiary/aromatic N) is 4. The Labute approximate surface area is 284 Å². The minimum atomic E-state index is -1.22. The SMILES string of the molecule is Cc1ccc2c(c1)-c1cccc(c1)-c1cc3nc(C)c([C@H](OC(C)(C)C)C(=O)O)c(n3n1)N1CCC(C)(CC1)OCCCC(C)C(C)O2. The molecule has 3 aliphatic rings. The lowest BCUT2D eigenvalue weighted by atomic mass is 9.92. The number of rotatable bonds is 3. The molecule has 2 unspecified atom stereocenters. The normalized spacial score (nSPS) is 22.7. The molecular formula is C39H50N4O5. The predicted octanol–water partition coefficient (Wildman–Crippen LogP) is 8.19. The fourth-order valence-corrected chi connectivity index (χ4v) is 6.88. The van der Waals surface area contributed by atoms with Crippen LogP contribution in [0.15, 0.2) is 48.5 Å². The number of benzene rings is 2. The molecule has 5 heterocycles. The van der Waals surface area contributed by atoms with Gasteiger partial charge in [0.2, 0.25) is 0 Å². The van der Waals surface area contributed by atoms with Crippen LogP contribution in [-0.4, -0.2) is 62.7 Å². The zero-order chi connectivity index (χ0) is 34.4. The van der Waals surface area contributed by atoms with Gasteiger partial charge in [0.05, 0.1) is 28.6 Å². The summed E-state index contributed by atoms with van der Waals surface area (Å²) in [6, 6.07) is 16.7. The molecule has 2 aromatic carbocycles. The van der Waals surface area contributed by atoms with Crippen LogP contribution in [0.4, 0.5) is 5.82 Å². The van der Waals surface area contributed by atoms with Gasteiger partial charge in [-0.1, -0.05) is 36.8 Å². The maximum atomic E-state index is 12.8. The molecule has 1 saturated heterocycles. The monoisotopic (exact) mass is 654 g/mol. The maximum absolute atomic E-state index is 12.8. The van der Waals surface area contributed by atoms with Crippen molar-refractivity contribution in [1.29, 1.82) is 0 Å². The number of anilines is 1. The van der Waals surface area contributed by atoms with Gasteiger partial charge in [0.25, 0.3) is 0 Å². The van der Waals surface area contributed by atoms with E-state index in [1.807, 2.05) is 44.3 Å². The number of carboxylic acids is 1. The van der Waals surface area contributed by atoms with Crippen molar-refractivity contribution in [1.82, 2.24) is 14.6 Å². The van der Waals surface area contributed by atoms with Crippen molar-refractivity contribution in [3.8, 4) is 28.1 Å². The largest absolute Gasteiger partial charge is 0.490 e. The Morgan fingerprint density at radius 3 is 2.50 bits per heavy atom. The average molecular weight is 655 g/mol. The number of hydrogen-bond acceptors (Lipinski definition) is 7. The standard InChI is InChI=1S/C39H50N4O5/c1-24-14-15-32-30(21-24)28-12-9-13-29(22-28)31-23-33-40-26(3)34(35(37(44)45)48-38(5,6)7)36(43(33)41-31)42-18-16-39(8,17-19-42)46-20-10-11-25(2)27(4)47-32/h9,12-15,21-23,25,27,35H,10-11,16-20H2,1-8H3,(H,44,45)/t25?,27?,35-/m0/s1. The number of ether oxygens (including phenoxy) is 3. The molecule has 3 aliphatic heterocycles. The number of carbonyl (C=O) groups is 1. The van der Waals surface area contributed by atoms with Gasteiger partial charge in [-0.2, -0.15) is 9.61 Å². The van der Waals surface area contributed by atoms with E-state index in [2.05, 4.69) is 69.0 Å². The Kier molecular flexibility index (Phi) is 9.30. The highest BCUT2D eigenvalue weighted by Crippen LogP contribution is 2.40. The summed E-state index contributed by atoms with van der Waals surface area (Å²) in [7, 11) is 0. The number of piperidine rings is 1. The molecule has 6 bridgehead atoms. The molecule has 1 fully saturated rings. The van der Waals surface area contributed by atoms with Gasteiger partial charge in [-0.3, -0.25) is 0 Å². The van der Waals surface area contributed by atoms with E-state index in [4.69, 9.17) is 24.3 Å². The second-order valence-corrected chi connectivity index (χ2v) is 15.0. The second-order valence-electron chi connectivity index (χ2n) is 15.0. The van der Waals surface area contributed by atoms with E-state index in [1.54, 1.807) is 0 Å². The third kappa shape index (κ3) is 7.08. The van der Waals surface area contributed by atoms with Crippen molar-refractivity contribution >= 4 is 17.4 Å². The van der Waals surface area contributed by atoms with Crippen molar-refractivity contribution in [2.75, 3.05) is 24.6 Å². The lowest BCUT2D eigenvalue weighted by molar-refractivity contribution is -0.160. The fraction of sp³-hybridized carbons (Fsp3) is 0.513. The zero-order valence-electron chi connectivity index (χ0n) is 29.7. The van der Waals surface area contributed by atoms with Crippen LogP contribution in [0.25, 0.3) is 28.0 Å². The van der Waals surface area contributed by atoms with Crippen LogP contribution >= 0.6 is 0 Å². The Balaban J connectivity index is 1.54. The summed E-state index contributed by atoms with van der Waals surface area (Å²) in [5.41, 5.74) is 5.75. The first-order valence-electron chi connectivity index (χ1n) is 17.3. The van der Waals surface area contributed by atoms with Crippen LogP contribution in [0.1, 0.15) is 90.2 Å². The molecule has 0 amide bonds. The van der Waals surface area contributed by atoms with Crippen molar-refractivity contribution in [2.24, 2.45) is 5.92 Å². The van der Waals surface area contributed by atoms with Gasteiger partial charge < -0.3 is 24.2 Å². The summed E-state index contributed by atoms with van der Waals surface area (Å²) in [6.45, 7) is 18.2. The third-order valence-corrected chi connectivity index (χ3v) is 9.86. The fourth-order valence-electron chi connectivity index (χ4n) is 6.88. The number of fused-ring (bicyclic) bond motifs is 8. The molecule has 4 aromatic rings. The van der Waals surface area contributed by atoms with Crippen molar-refractivity contribution in [2.45, 2.75) is 104 Å². The molecule has 48 heavy (non-hydrogen) atoms. The summed E-state index contributed by atoms with van der Waals surface area (Å²) in [6.07, 6.45) is 2.38. The van der Waals surface area contributed by atoms with Crippen molar-refractivity contribution in [3.63, 3.8) is 0 Å². The minimum absolute atomic E-state index is 0.0383. The van der Waals surface area contributed by atoms with E-state index in [-0.39, 0.29) is 11.7 Å². The molecular weight excluding hydrogens is 604 g/mol. The first-order valence-corrected chi connectivity index (χ1v) is 17.3. The van der Waals surface area contributed by atoms with Gasteiger partial charge in [0.1, 0.15) is 11.6 Å². The molecule has 3 atom stereocenters. The Morgan fingerprint density at radius 1 is 1.06 bits per heavy atom. The van der Waals surface area contributed by atoms with Gasteiger partial charge >= 0.3 is 5.97 Å². The lowest BCUT2D eigenvalue weighted by Gasteiger charge is -2.41. The average Bonchev–Trinajstić information content (AvgIpc) is 3.45. The highest BCUT2D eigenvalue weighted by atomic mass is 16.5. The molecule has 1 N–H and O–H groups in total. The quantitative estimate of drug-likeness (QED) is 0.236. The number of aliphatic carboxylic acids is 1. The van der Waals surface area contributed by atoms with Crippen LogP contribution < -0.4 is 9.64 Å². The maximum Gasteiger partial charge on any atom is 0.337 e. The van der Waals surface area contributed by atoms with E-state index >= 15 is 0 Å². The lowest BCUT2D eigenvalue weighted by Crippen LogP contribution is -2.46. The molecule has 7 rings (SSSR count). The van der Waals surface area contributed by atoms with Gasteiger partial charge in [0, 0.05) is 42.6 Å². The van der Waals surface area contributed by atoms with Crippen LogP contribution in [0.2, 0.25) is 0 Å². The van der Waals surface area contributed by atoms with E-state index in [0.717, 1.165) is 59.4 Å². The molecule has 0 radical (unpaired) electrons. The molecule has 256 valence electrons. The van der Waals surface area contributed by atoms with Gasteiger partial charge in [-0.05, 0) is 104 Å². The molecule has 2 aromatic heterocycles. The van der Waals surface area contributed by atoms with Crippen LogP contribution in [0.5, 0.6) is 5.75 Å². The first kappa shape index (κ1) is 33.9. The number of hydrogen-bond donors (Lipinski definition) is 1. The Hall–Kier alpha value is -3.95. The molecule has 9 nitrogen and oxygen atoms in total. The highest BCUT2D eigenvalue weighted by Gasteiger charge is 2.38. The first-order chi connectivity index (χ1) is 22.7. The van der Waals surface area contributed by atoms with E-state index in [1.165, 1.54) is 0 Å². The minimum Gasteiger partial charge on any atom is -0.490 e. The van der Waals surface area contributed by atoms with Crippen LogP contribution in [-0.2, 0) is 14.3 Å². The zero-order valence-corrected chi connectivity index (χ0v) is 29.7. The van der Waals surface area contributed by atoms with Crippen LogP contribution in [0.3, 0.4) is 0 Å². The predicted molar refractivity (Wildman–Crippen MR) is 189 cm³/mol. The van der Waals surface area contributed by atoms with Crippen LogP contribution in [0, 0.1) is 19.8 Å². The van der Waals surface area contributed by atoms with Crippen molar-refractivity contribution < 1.29 is 24.1 Å². The third-order valence-electron chi connectivity index (χ3n) is 9.86. The Bertz CT molecular complexity index is 1800. The Morgan fingerprint density at radius 2 is 1.79 bits per heavy atom. The summed E-state index contributed by atoms with van der Waals surface area (Å²) < 4.78 is 21.3. The van der Waals surface area contributed by atoms with Gasteiger partial charge in [-0.25, -0.2) is 9.78 Å². The van der Waals surface area contributed by atoms with Gasteiger partial charge in [-0.15, -0.1) is 0 Å². The summed E-state index contributed by atoms with van der Waals surface area (Å²) >= 11 is 0. The highest BCUT2D eigenvalue weighted by molar-refractivity contribution is 5.80. The molecule has 0 saturated carbocycles. The van der Waals surface area contributed by atoms with Crippen molar-refractivity contribution in [3.05, 3.63) is 65.4 Å². The number of aryl methyl sites for hydroxylation is 2. The smallest absolute Gasteiger partial charge is 0.337 e. The number of aromatic nitrogens is 3. The molecule has 0 spiro atoms. The van der Waals surface area contributed by atoms with E-state index in [0.29, 0.717) is 48.3 Å². The summed E-state index contributed by atoms with van der Waals surface area (Å²) in [5, 5.41) is 15.6. The van der Waals surface area contributed by atoms with Gasteiger partial charge in [0.15, 0.2) is 11.8 Å². The summed E-state index contributed by atoms with van der Waals surface area (Å²) in [4.78, 5) is 20.0. The second kappa shape index (κ2) is 13.2. The van der Waals surface area contributed by atoms with E-state index < -0.39 is 17.7 Å². The topological polar surface area (TPSA) is 98.4 Å². The summed E-state index contributed by atoms with van der Waals surface area (Å²) in [5.74, 6) is 0.871.